The number of likely N-dealkylation sites (tertiary alicyclic amines) is 1. The zero-order valence-corrected chi connectivity index (χ0v) is 16.9. The standard InChI is InChI=1S/C21H22Cl2N2O3/c22-16-5-7-18(8-6-16)28-14-21(12-19(24)26)9-2-10-25(13-21)20(27)15-3-1-4-17(23)11-15/h1,3-8,11H,2,9-10,12-14H2,(H2,24,26)/t21-/m1/s1. The molecule has 1 aliphatic heterocycles. The monoisotopic (exact) mass is 420 g/mol. The summed E-state index contributed by atoms with van der Waals surface area (Å²) in [7, 11) is 0. The van der Waals surface area contributed by atoms with Gasteiger partial charge in [0.15, 0.2) is 0 Å². The normalized spacial score (nSPS) is 19.3. The van der Waals surface area contributed by atoms with Crippen LogP contribution in [0.15, 0.2) is 48.5 Å². The number of carbonyl (C=O) groups excluding carboxylic acids is 2. The number of hydrogen-bond acceptors (Lipinski definition) is 3. The molecule has 2 aromatic carbocycles. The molecule has 2 N–H and O–H groups in total. The Bertz CT molecular complexity index is 857. The number of benzene rings is 2. The molecule has 1 atom stereocenters. The van der Waals surface area contributed by atoms with Crippen molar-refractivity contribution in [3.8, 4) is 5.75 Å². The quantitative estimate of drug-likeness (QED) is 0.761. The summed E-state index contributed by atoms with van der Waals surface area (Å²) in [5.41, 5.74) is 5.52. The van der Waals surface area contributed by atoms with Crippen molar-refractivity contribution in [2.75, 3.05) is 19.7 Å². The van der Waals surface area contributed by atoms with Gasteiger partial charge in [-0.15, -0.1) is 0 Å². The van der Waals surface area contributed by atoms with Crippen LogP contribution < -0.4 is 10.5 Å². The molecule has 0 aliphatic carbocycles. The number of amides is 2. The Morgan fingerprint density at radius 3 is 2.54 bits per heavy atom. The van der Waals surface area contributed by atoms with Crippen molar-refractivity contribution in [1.29, 1.82) is 0 Å². The Labute approximate surface area is 174 Å². The van der Waals surface area contributed by atoms with Gasteiger partial charge in [-0.1, -0.05) is 29.3 Å². The molecule has 0 bridgehead atoms. The van der Waals surface area contributed by atoms with E-state index in [1.807, 2.05) is 0 Å². The first kappa shape index (κ1) is 20.5. The lowest BCUT2D eigenvalue weighted by molar-refractivity contribution is -0.122. The summed E-state index contributed by atoms with van der Waals surface area (Å²) >= 11 is 11.9. The molecule has 0 unspecified atom stereocenters. The maximum absolute atomic E-state index is 12.9. The fourth-order valence-electron chi connectivity index (χ4n) is 3.64. The van der Waals surface area contributed by atoms with Gasteiger partial charge in [-0.05, 0) is 55.3 Å². The van der Waals surface area contributed by atoms with Crippen LogP contribution >= 0.6 is 23.2 Å². The van der Waals surface area contributed by atoms with Gasteiger partial charge in [0.1, 0.15) is 5.75 Å². The molecular formula is C21H22Cl2N2O3. The number of ether oxygens (including phenoxy) is 1. The molecule has 1 heterocycles. The van der Waals surface area contributed by atoms with E-state index in [-0.39, 0.29) is 18.9 Å². The summed E-state index contributed by atoms with van der Waals surface area (Å²) < 4.78 is 5.93. The van der Waals surface area contributed by atoms with E-state index in [4.69, 9.17) is 33.7 Å². The number of primary amides is 1. The molecule has 0 radical (unpaired) electrons. The van der Waals surface area contributed by atoms with Crippen molar-refractivity contribution in [3.05, 3.63) is 64.1 Å². The van der Waals surface area contributed by atoms with Crippen LogP contribution in [-0.4, -0.2) is 36.4 Å². The number of carbonyl (C=O) groups is 2. The molecule has 148 valence electrons. The van der Waals surface area contributed by atoms with E-state index >= 15 is 0 Å². The Balaban J connectivity index is 1.76. The molecule has 5 nitrogen and oxygen atoms in total. The summed E-state index contributed by atoms with van der Waals surface area (Å²) in [6, 6.07) is 13.9. The highest BCUT2D eigenvalue weighted by atomic mass is 35.5. The zero-order valence-electron chi connectivity index (χ0n) is 15.4. The SMILES string of the molecule is NC(=O)C[C@]1(COc2ccc(Cl)cc2)CCCN(C(=O)c2cccc(Cl)c2)C1. The summed E-state index contributed by atoms with van der Waals surface area (Å²) in [5.74, 6) is 0.144. The molecule has 28 heavy (non-hydrogen) atoms. The van der Waals surface area contributed by atoms with Gasteiger partial charge < -0.3 is 15.4 Å². The average Bonchev–Trinajstić information content (AvgIpc) is 2.67. The lowest BCUT2D eigenvalue weighted by atomic mass is 9.77. The first-order chi connectivity index (χ1) is 13.4. The number of halogens is 2. The lowest BCUT2D eigenvalue weighted by Crippen LogP contribution is -2.50. The smallest absolute Gasteiger partial charge is 0.253 e. The van der Waals surface area contributed by atoms with Gasteiger partial charge in [0.2, 0.25) is 5.91 Å². The van der Waals surface area contributed by atoms with Crippen molar-refractivity contribution in [1.82, 2.24) is 4.90 Å². The number of piperidine rings is 1. The van der Waals surface area contributed by atoms with Crippen LogP contribution in [0.2, 0.25) is 10.0 Å². The minimum atomic E-state index is -0.530. The van der Waals surface area contributed by atoms with Gasteiger partial charge in [0, 0.05) is 40.5 Å². The first-order valence-corrected chi connectivity index (χ1v) is 9.84. The van der Waals surface area contributed by atoms with Gasteiger partial charge in [0.05, 0.1) is 6.61 Å². The predicted molar refractivity (Wildman–Crippen MR) is 110 cm³/mol. The van der Waals surface area contributed by atoms with Crippen LogP contribution in [0.1, 0.15) is 29.6 Å². The van der Waals surface area contributed by atoms with Crippen molar-refractivity contribution < 1.29 is 14.3 Å². The van der Waals surface area contributed by atoms with Crippen molar-refractivity contribution >= 4 is 35.0 Å². The Hall–Kier alpha value is -2.24. The van der Waals surface area contributed by atoms with Gasteiger partial charge >= 0.3 is 0 Å². The average molecular weight is 421 g/mol. The predicted octanol–water partition coefficient (Wildman–Crippen LogP) is 4.17. The molecule has 2 aromatic rings. The lowest BCUT2D eigenvalue weighted by Gasteiger charge is -2.42. The molecule has 7 heteroatoms. The molecule has 1 fully saturated rings. The second kappa shape index (κ2) is 8.84. The zero-order chi connectivity index (χ0) is 20.1. The minimum Gasteiger partial charge on any atom is -0.493 e. The topological polar surface area (TPSA) is 72.6 Å². The third-order valence-electron chi connectivity index (χ3n) is 4.93. The van der Waals surface area contributed by atoms with Crippen LogP contribution in [0.25, 0.3) is 0 Å². The van der Waals surface area contributed by atoms with Crippen LogP contribution in [0.3, 0.4) is 0 Å². The Kier molecular flexibility index (Phi) is 6.47. The summed E-state index contributed by atoms with van der Waals surface area (Å²) in [6.07, 6.45) is 1.67. The van der Waals surface area contributed by atoms with Gasteiger partial charge in [0.25, 0.3) is 5.91 Å². The Morgan fingerprint density at radius 2 is 1.86 bits per heavy atom. The third-order valence-corrected chi connectivity index (χ3v) is 5.42. The summed E-state index contributed by atoms with van der Waals surface area (Å²) in [5, 5.41) is 1.13. The van der Waals surface area contributed by atoms with Crippen molar-refractivity contribution in [2.24, 2.45) is 11.1 Å². The molecule has 3 rings (SSSR count). The molecule has 0 spiro atoms. The summed E-state index contributed by atoms with van der Waals surface area (Å²) in [6.45, 7) is 1.30. The highest BCUT2D eigenvalue weighted by molar-refractivity contribution is 6.31. The van der Waals surface area contributed by atoms with Gasteiger partial charge in [-0.2, -0.15) is 0 Å². The van der Waals surface area contributed by atoms with Crippen LogP contribution in [0, 0.1) is 5.41 Å². The van der Waals surface area contributed by atoms with E-state index in [2.05, 4.69) is 0 Å². The van der Waals surface area contributed by atoms with E-state index in [9.17, 15) is 9.59 Å². The highest BCUT2D eigenvalue weighted by Crippen LogP contribution is 2.35. The van der Waals surface area contributed by atoms with E-state index < -0.39 is 11.3 Å². The fraction of sp³-hybridized carbons (Fsp3) is 0.333. The maximum atomic E-state index is 12.9. The van der Waals surface area contributed by atoms with Crippen LogP contribution in [0.4, 0.5) is 0 Å². The van der Waals surface area contributed by atoms with E-state index in [1.54, 1.807) is 53.4 Å². The highest BCUT2D eigenvalue weighted by Gasteiger charge is 2.39. The van der Waals surface area contributed by atoms with E-state index in [0.29, 0.717) is 34.4 Å². The van der Waals surface area contributed by atoms with Gasteiger partial charge in [-0.25, -0.2) is 0 Å². The number of nitrogens with zero attached hydrogens (tertiary/aromatic N) is 1. The van der Waals surface area contributed by atoms with Crippen molar-refractivity contribution in [3.63, 3.8) is 0 Å². The second-order valence-corrected chi connectivity index (χ2v) is 8.10. The summed E-state index contributed by atoms with van der Waals surface area (Å²) in [4.78, 5) is 26.4. The second-order valence-electron chi connectivity index (χ2n) is 7.23. The first-order valence-electron chi connectivity index (χ1n) is 9.08. The van der Waals surface area contributed by atoms with E-state index in [0.717, 1.165) is 12.8 Å². The number of rotatable bonds is 6. The van der Waals surface area contributed by atoms with E-state index in [1.165, 1.54) is 0 Å². The minimum absolute atomic E-state index is 0.109. The van der Waals surface area contributed by atoms with Gasteiger partial charge in [-0.3, -0.25) is 9.59 Å². The van der Waals surface area contributed by atoms with Crippen molar-refractivity contribution in [2.45, 2.75) is 19.3 Å². The van der Waals surface area contributed by atoms with Crippen LogP contribution in [0.5, 0.6) is 5.75 Å². The molecule has 2 amide bonds. The molecular weight excluding hydrogens is 399 g/mol. The number of hydrogen-bond donors (Lipinski definition) is 1. The number of nitrogens with two attached hydrogens (primary N) is 1. The molecule has 0 aromatic heterocycles. The molecule has 0 saturated carbocycles. The van der Waals surface area contributed by atoms with Crippen LogP contribution in [-0.2, 0) is 4.79 Å². The largest absolute Gasteiger partial charge is 0.493 e. The molecule has 1 saturated heterocycles. The molecule has 1 aliphatic rings. The maximum Gasteiger partial charge on any atom is 0.253 e. The fourth-order valence-corrected chi connectivity index (χ4v) is 3.95. The third kappa shape index (κ3) is 5.18. The Morgan fingerprint density at radius 1 is 1.11 bits per heavy atom.